The normalized spacial score (nSPS) is 15.7. The molecular formula is C8H13ClF7N. The van der Waals surface area contributed by atoms with Crippen LogP contribution in [0, 0.1) is 5.92 Å². The smallest absolute Gasteiger partial charge is 0.322 e. The first-order chi connectivity index (χ1) is 6.84. The topological polar surface area (TPSA) is 26.0 Å². The molecule has 0 aromatic heterocycles. The van der Waals surface area contributed by atoms with Gasteiger partial charge in [0.2, 0.25) is 0 Å². The second kappa shape index (κ2) is 5.60. The Morgan fingerprint density at radius 3 is 1.53 bits per heavy atom. The molecular weight excluding hydrogens is 279 g/mol. The number of halogens is 8. The van der Waals surface area contributed by atoms with Crippen LogP contribution in [-0.4, -0.2) is 24.1 Å². The Morgan fingerprint density at radius 2 is 1.29 bits per heavy atom. The molecule has 0 aromatic rings. The lowest BCUT2D eigenvalue weighted by molar-refractivity contribution is -0.359. The van der Waals surface area contributed by atoms with Crippen LogP contribution in [0.4, 0.5) is 30.7 Å². The van der Waals surface area contributed by atoms with Crippen molar-refractivity contribution >= 4 is 12.4 Å². The SMILES string of the molecule is CC(C)C[C@@H](N)C(F)(F)C(F)(F)C(F)(F)F.Cl. The van der Waals surface area contributed by atoms with Gasteiger partial charge in [0.1, 0.15) is 0 Å². The highest BCUT2D eigenvalue weighted by molar-refractivity contribution is 5.85. The molecule has 0 aliphatic rings. The molecule has 2 N–H and O–H groups in total. The van der Waals surface area contributed by atoms with Crippen molar-refractivity contribution in [3.8, 4) is 0 Å². The van der Waals surface area contributed by atoms with Gasteiger partial charge in [0.15, 0.2) is 0 Å². The summed E-state index contributed by atoms with van der Waals surface area (Å²) in [4.78, 5) is 0. The van der Waals surface area contributed by atoms with Gasteiger partial charge in [-0.15, -0.1) is 12.4 Å². The summed E-state index contributed by atoms with van der Waals surface area (Å²) in [6.07, 6.45) is -6.94. The monoisotopic (exact) mass is 291 g/mol. The number of hydrogen-bond acceptors (Lipinski definition) is 1. The minimum atomic E-state index is -6.31. The molecule has 0 aromatic carbocycles. The van der Waals surface area contributed by atoms with Gasteiger partial charge in [0.05, 0.1) is 6.04 Å². The molecule has 0 saturated heterocycles. The van der Waals surface area contributed by atoms with Crippen LogP contribution in [0.2, 0.25) is 0 Å². The van der Waals surface area contributed by atoms with Crippen LogP contribution in [0.15, 0.2) is 0 Å². The van der Waals surface area contributed by atoms with E-state index in [2.05, 4.69) is 0 Å². The fourth-order valence-corrected chi connectivity index (χ4v) is 1.08. The summed E-state index contributed by atoms with van der Waals surface area (Å²) in [5.41, 5.74) is 4.71. The van der Waals surface area contributed by atoms with E-state index in [9.17, 15) is 30.7 Å². The average Bonchev–Trinajstić information content (AvgIpc) is 2.00. The fraction of sp³-hybridized carbons (Fsp3) is 1.00. The highest BCUT2D eigenvalue weighted by atomic mass is 35.5. The summed E-state index contributed by atoms with van der Waals surface area (Å²) in [5, 5.41) is 0. The van der Waals surface area contributed by atoms with Crippen LogP contribution in [0.5, 0.6) is 0 Å². The van der Waals surface area contributed by atoms with E-state index in [0.717, 1.165) is 0 Å². The summed E-state index contributed by atoms with van der Waals surface area (Å²) >= 11 is 0. The van der Waals surface area contributed by atoms with E-state index in [1.807, 2.05) is 0 Å². The number of hydrogen-bond donors (Lipinski definition) is 1. The molecule has 0 saturated carbocycles. The van der Waals surface area contributed by atoms with Crippen molar-refractivity contribution in [2.75, 3.05) is 0 Å². The Balaban J connectivity index is 0. The lowest BCUT2D eigenvalue weighted by atomic mass is 9.95. The lowest BCUT2D eigenvalue weighted by Crippen LogP contribution is -2.60. The zero-order valence-corrected chi connectivity index (χ0v) is 9.81. The first-order valence-corrected chi connectivity index (χ1v) is 4.42. The van der Waals surface area contributed by atoms with Crippen molar-refractivity contribution in [3.05, 3.63) is 0 Å². The van der Waals surface area contributed by atoms with Crippen molar-refractivity contribution in [2.24, 2.45) is 11.7 Å². The van der Waals surface area contributed by atoms with Gasteiger partial charge in [0.25, 0.3) is 0 Å². The van der Waals surface area contributed by atoms with Gasteiger partial charge in [-0.25, -0.2) is 0 Å². The largest absolute Gasteiger partial charge is 0.459 e. The maximum atomic E-state index is 12.9. The molecule has 0 fully saturated rings. The lowest BCUT2D eigenvalue weighted by Gasteiger charge is -2.32. The Bertz CT molecular complexity index is 239. The molecule has 17 heavy (non-hydrogen) atoms. The van der Waals surface area contributed by atoms with Gasteiger partial charge in [-0.2, -0.15) is 30.7 Å². The molecule has 1 nitrogen and oxygen atoms in total. The van der Waals surface area contributed by atoms with E-state index in [4.69, 9.17) is 5.73 Å². The third-order valence-electron chi connectivity index (χ3n) is 1.97. The summed E-state index contributed by atoms with van der Waals surface area (Å²) in [6.45, 7) is 2.78. The van der Waals surface area contributed by atoms with E-state index in [1.165, 1.54) is 13.8 Å². The fourth-order valence-electron chi connectivity index (χ4n) is 1.08. The molecule has 0 rings (SSSR count). The van der Waals surface area contributed by atoms with Crippen LogP contribution in [0.3, 0.4) is 0 Å². The van der Waals surface area contributed by atoms with Gasteiger partial charge >= 0.3 is 18.0 Å². The Labute approximate surface area is 99.9 Å². The van der Waals surface area contributed by atoms with Crippen LogP contribution in [0.1, 0.15) is 20.3 Å². The summed E-state index contributed by atoms with van der Waals surface area (Å²) < 4.78 is 85.8. The van der Waals surface area contributed by atoms with Crippen LogP contribution >= 0.6 is 12.4 Å². The minimum absolute atomic E-state index is 0. The van der Waals surface area contributed by atoms with Gasteiger partial charge in [-0.05, 0) is 12.3 Å². The maximum absolute atomic E-state index is 12.9. The van der Waals surface area contributed by atoms with Crippen molar-refractivity contribution in [1.82, 2.24) is 0 Å². The molecule has 1 atom stereocenters. The standard InChI is InChI=1S/C8H12F7N.ClH/c1-4(2)3-5(16)6(9,10)7(11,12)8(13,14)15;/h4-5H,3,16H2,1-2H3;1H/t5-;/m1./s1. The molecule has 0 heterocycles. The Kier molecular flexibility index (Phi) is 6.29. The maximum Gasteiger partial charge on any atom is 0.459 e. The zero-order valence-electron chi connectivity index (χ0n) is 8.99. The predicted octanol–water partition coefficient (Wildman–Crippen LogP) is 3.61. The quantitative estimate of drug-likeness (QED) is 0.787. The third-order valence-corrected chi connectivity index (χ3v) is 1.97. The third kappa shape index (κ3) is 3.87. The second-order valence-electron chi connectivity index (χ2n) is 3.93. The first-order valence-electron chi connectivity index (χ1n) is 4.42. The summed E-state index contributed by atoms with van der Waals surface area (Å²) in [7, 11) is 0. The first kappa shape index (κ1) is 19.1. The van der Waals surface area contributed by atoms with E-state index in [1.54, 1.807) is 0 Å². The highest BCUT2D eigenvalue weighted by Crippen LogP contribution is 2.48. The molecule has 0 aliphatic heterocycles. The molecule has 9 heteroatoms. The highest BCUT2D eigenvalue weighted by Gasteiger charge is 2.74. The minimum Gasteiger partial charge on any atom is -0.322 e. The van der Waals surface area contributed by atoms with E-state index in [0.29, 0.717) is 0 Å². The van der Waals surface area contributed by atoms with Crippen LogP contribution in [-0.2, 0) is 0 Å². The predicted molar refractivity (Wildman–Crippen MR) is 50.6 cm³/mol. The summed E-state index contributed by atoms with van der Waals surface area (Å²) in [6, 6.07) is -2.54. The number of alkyl halides is 7. The Hall–Kier alpha value is -0.240. The number of rotatable bonds is 4. The molecule has 0 spiro atoms. The summed E-state index contributed by atoms with van der Waals surface area (Å²) in [5.74, 6) is -11.9. The van der Waals surface area contributed by atoms with Crippen LogP contribution < -0.4 is 5.73 Å². The molecule has 0 amide bonds. The van der Waals surface area contributed by atoms with Crippen molar-refractivity contribution in [1.29, 1.82) is 0 Å². The van der Waals surface area contributed by atoms with Crippen molar-refractivity contribution in [3.63, 3.8) is 0 Å². The zero-order chi connectivity index (χ0) is 13.4. The van der Waals surface area contributed by atoms with Crippen LogP contribution in [0.25, 0.3) is 0 Å². The second-order valence-corrected chi connectivity index (χ2v) is 3.93. The van der Waals surface area contributed by atoms with Gasteiger partial charge < -0.3 is 5.73 Å². The molecule has 0 bridgehead atoms. The molecule has 0 aliphatic carbocycles. The van der Waals surface area contributed by atoms with Crippen molar-refractivity contribution in [2.45, 2.75) is 44.3 Å². The van der Waals surface area contributed by atoms with Gasteiger partial charge in [0, 0.05) is 0 Å². The van der Waals surface area contributed by atoms with Gasteiger partial charge in [-0.1, -0.05) is 13.8 Å². The number of nitrogens with two attached hydrogens (primary N) is 1. The van der Waals surface area contributed by atoms with E-state index < -0.39 is 36.4 Å². The van der Waals surface area contributed by atoms with E-state index in [-0.39, 0.29) is 12.4 Å². The molecule has 106 valence electrons. The van der Waals surface area contributed by atoms with Crippen molar-refractivity contribution < 1.29 is 30.7 Å². The van der Waals surface area contributed by atoms with E-state index >= 15 is 0 Å². The molecule has 0 unspecified atom stereocenters. The molecule has 0 radical (unpaired) electrons. The average molecular weight is 292 g/mol. The van der Waals surface area contributed by atoms with Gasteiger partial charge in [-0.3, -0.25) is 0 Å². The Morgan fingerprint density at radius 1 is 0.941 bits per heavy atom.